The standard InChI is InChI=1S/C16H18OS/c1-13-12-16(10-9-14(13)6-5-11-18)17-15-7-3-2-4-8-15/h2-4,7-10,12,18H,5-6,11H2,1H3. The van der Waals surface area contributed by atoms with Crippen LogP contribution >= 0.6 is 12.6 Å². The van der Waals surface area contributed by atoms with Crippen LogP contribution in [0.4, 0.5) is 0 Å². The topological polar surface area (TPSA) is 9.23 Å². The van der Waals surface area contributed by atoms with Gasteiger partial charge in [0, 0.05) is 0 Å². The lowest BCUT2D eigenvalue weighted by Gasteiger charge is -2.09. The van der Waals surface area contributed by atoms with E-state index in [2.05, 4.69) is 31.7 Å². The van der Waals surface area contributed by atoms with Gasteiger partial charge in [-0.05, 0) is 60.9 Å². The van der Waals surface area contributed by atoms with Gasteiger partial charge in [-0.25, -0.2) is 0 Å². The van der Waals surface area contributed by atoms with Crippen LogP contribution in [0.15, 0.2) is 48.5 Å². The molecule has 0 bridgehead atoms. The van der Waals surface area contributed by atoms with Crippen LogP contribution in [-0.4, -0.2) is 5.75 Å². The van der Waals surface area contributed by atoms with Crippen molar-refractivity contribution in [3.8, 4) is 11.5 Å². The number of rotatable bonds is 5. The van der Waals surface area contributed by atoms with E-state index in [4.69, 9.17) is 4.74 Å². The Morgan fingerprint density at radius 3 is 2.44 bits per heavy atom. The third-order valence-corrected chi connectivity index (χ3v) is 3.21. The molecule has 18 heavy (non-hydrogen) atoms. The van der Waals surface area contributed by atoms with Crippen molar-refractivity contribution in [3.05, 3.63) is 59.7 Å². The van der Waals surface area contributed by atoms with Crippen molar-refractivity contribution in [2.75, 3.05) is 5.75 Å². The molecule has 94 valence electrons. The van der Waals surface area contributed by atoms with Crippen molar-refractivity contribution >= 4 is 12.6 Å². The first kappa shape index (κ1) is 13.0. The van der Waals surface area contributed by atoms with Crippen LogP contribution < -0.4 is 4.74 Å². The third kappa shape index (κ3) is 3.54. The van der Waals surface area contributed by atoms with Gasteiger partial charge in [0.15, 0.2) is 0 Å². The molecule has 1 nitrogen and oxygen atoms in total. The van der Waals surface area contributed by atoms with Gasteiger partial charge in [0.2, 0.25) is 0 Å². The highest BCUT2D eigenvalue weighted by Gasteiger charge is 2.01. The molecular weight excluding hydrogens is 240 g/mol. The molecule has 0 aromatic heterocycles. The Labute approximate surface area is 114 Å². The Morgan fingerprint density at radius 2 is 1.78 bits per heavy atom. The molecule has 0 heterocycles. The van der Waals surface area contributed by atoms with E-state index in [1.807, 2.05) is 36.4 Å². The van der Waals surface area contributed by atoms with Crippen molar-refractivity contribution < 1.29 is 4.74 Å². The monoisotopic (exact) mass is 258 g/mol. The Bertz CT molecular complexity index is 494. The summed E-state index contributed by atoms with van der Waals surface area (Å²) < 4.78 is 5.80. The Hall–Kier alpha value is -1.41. The SMILES string of the molecule is Cc1cc(Oc2ccccc2)ccc1CCCS. The van der Waals surface area contributed by atoms with Crippen LogP contribution in [-0.2, 0) is 6.42 Å². The van der Waals surface area contributed by atoms with Gasteiger partial charge in [-0.3, -0.25) is 0 Å². The van der Waals surface area contributed by atoms with Gasteiger partial charge >= 0.3 is 0 Å². The van der Waals surface area contributed by atoms with Crippen LogP contribution in [0.25, 0.3) is 0 Å². The molecule has 0 N–H and O–H groups in total. The highest BCUT2D eigenvalue weighted by atomic mass is 32.1. The highest BCUT2D eigenvalue weighted by Crippen LogP contribution is 2.24. The van der Waals surface area contributed by atoms with Gasteiger partial charge in [0.25, 0.3) is 0 Å². The van der Waals surface area contributed by atoms with Gasteiger partial charge in [-0.15, -0.1) is 0 Å². The van der Waals surface area contributed by atoms with Crippen LogP contribution in [0.1, 0.15) is 17.5 Å². The quantitative estimate of drug-likeness (QED) is 0.768. The van der Waals surface area contributed by atoms with Crippen molar-refractivity contribution in [3.63, 3.8) is 0 Å². The molecule has 0 unspecified atom stereocenters. The maximum atomic E-state index is 5.80. The van der Waals surface area contributed by atoms with E-state index in [9.17, 15) is 0 Å². The predicted octanol–water partition coefficient (Wildman–Crippen LogP) is 4.65. The first-order chi connectivity index (χ1) is 8.79. The maximum absolute atomic E-state index is 5.80. The molecular formula is C16H18OS. The average molecular weight is 258 g/mol. The fourth-order valence-electron chi connectivity index (χ4n) is 1.91. The summed E-state index contributed by atoms with van der Waals surface area (Å²) in [5, 5.41) is 0. The molecule has 2 heteroatoms. The predicted molar refractivity (Wildman–Crippen MR) is 79.9 cm³/mol. The largest absolute Gasteiger partial charge is 0.457 e. The summed E-state index contributed by atoms with van der Waals surface area (Å²) in [5.74, 6) is 2.70. The van der Waals surface area contributed by atoms with Gasteiger partial charge in [-0.2, -0.15) is 12.6 Å². The average Bonchev–Trinajstić information content (AvgIpc) is 2.39. The minimum absolute atomic E-state index is 0.875. The normalized spacial score (nSPS) is 10.3. The van der Waals surface area contributed by atoms with Gasteiger partial charge in [0.1, 0.15) is 11.5 Å². The zero-order chi connectivity index (χ0) is 12.8. The lowest BCUT2D eigenvalue weighted by molar-refractivity contribution is 0.482. The number of ether oxygens (including phenoxy) is 1. The zero-order valence-electron chi connectivity index (χ0n) is 10.6. The first-order valence-corrected chi connectivity index (χ1v) is 6.86. The fourth-order valence-corrected chi connectivity index (χ4v) is 2.06. The molecule has 0 amide bonds. The van der Waals surface area contributed by atoms with Crippen molar-refractivity contribution in [2.24, 2.45) is 0 Å². The molecule has 0 saturated carbocycles. The van der Waals surface area contributed by atoms with Crippen LogP contribution in [0.5, 0.6) is 11.5 Å². The summed E-state index contributed by atoms with van der Waals surface area (Å²) >= 11 is 4.25. The molecule has 0 saturated heterocycles. The Balaban J connectivity index is 2.09. The molecule has 2 aromatic carbocycles. The summed E-state index contributed by atoms with van der Waals surface area (Å²) in [7, 11) is 0. The summed E-state index contributed by atoms with van der Waals surface area (Å²) in [4.78, 5) is 0. The molecule has 0 aliphatic rings. The van der Waals surface area contributed by atoms with Crippen LogP contribution in [0.3, 0.4) is 0 Å². The molecule has 2 aromatic rings. The van der Waals surface area contributed by atoms with E-state index >= 15 is 0 Å². The first-order valence-electron chi connectivity index (χ1n) is 6.23. The summed E-state index contributed by atoms with van der Waals surface area (Å²) in [5.41, 5.74) is 2.66. The minimum Gasteiger partial charge on any atom is -0.457 e. The molecule has 0 fully saturated rings. The van der Waals surface area contributed by atoms with E-state index < -0.39 is 0 Å². The smallest absolute Gasteiger partial charge is 0.127 e. The molecule has 0 spiro atoms. The molecule has 0 atom stereocenters. The summed E-state index contributed by atoms with van der Waals surface area (Å²) in [6, 6.07) is 16.1. The third-order valence-electron chi connectivity index (χ3n) is 2.90. The zero-order valence-corrected chi connectivity index (χ0v) is 11.5. The van der Waals surface area contributed by atoms with Gasteiger partial charge < -0.3 is 4.74 Å². The lowest BCUT2D eigenvalue weighted by atomic mass is 10.0. The molecule has 0 radical (unpaired) electrons. The Morgan fingerprint density at radius 1 is 1.00 bits per heavy atom. The van der Waals surface area contributed by atoms with Crippen molar-refractivity contribution in [1.29, 1.82) is 0 Å². The van der Waals surface area contributed by atoms with E-state index in [1.165, 1.54) is 11.1 Å². The summed E-state index contributed by atoms with van der Waals surface area (Å²) in [6.45, 7) is 2.13. The maximum Gasteiger partial charge on any atom is 0.127 e. The van der Waals surface area contributed by atoms with Gasteiger partial charge in [0.05, 0.1) is 0 Å². The number of para-hydroxylation sites is 1. The van der Waals surface area contributed by atoms with E-state index in [0.717, 1.165) is 30.1 Å². The number of aryl methyl sites for hydroxylation is 2. The fraction of sp³-hybridized carbons (Fsp3) is 0.250. The van der Waals surface area contributed by atoms with Gasteiger partial charge in [-0.1, -0.05) is 24.3 Å². The number of benzene rings is 2. The number of hydrogen-bond donors (Lipinski definition) is 1. The van der Waals surface area contributed by atoms with Crippen molar-refractivity contribution in [2.45, 2.75) is 19.8 Å². The van der Waals surface area contributed by atoms with Crippen molar-refractivity contribution in [1.82, 2.24) is 0 Å². The summed E-state index contributed by atoms with van der Waals surface area (Å²) in [6.07, 6.45) is 2.20. The molecule has 2 rings (SSSR count). The minimum atomic E-state index is 0.875. The van der Waals surface area contributed by atoms with Crippen LogP contribution in [0, 0.1) is 6.92 Å². The molecule has 0 aliphatic carbocycles. The lowest BCUT2D eigenvalue weighted by Crippen LogP contribution is -1.92. The van der Waals surface area contributed by atoms with Crippen LogP contribution in [0.2, 0.25) is 0 Å². The van der Waals surface area contributed by atoms with E-state index in [-0.39, 0.29) is 0 Å². The number of hydrogen-bond acceptors (Lipinski definition) is 2. The highest BCUT2D eigenvalue weighted by molar-refractivity contribution is 7.80. The second-order valence-corrected chi connectivity index (χ2v) is 4.78. The van der Waals surface area contributed by atoms with E-state index in [0.29, 0.717) is 0 Å². The number of thiol groups is 1. The van der Waals surface area contributed by atoms with E-state index in [1.54, 1.807) is 0 Å². The second kappa shape index (κ2) is 6.50. The molecule has 0 aliphatic heterocycles. The second-order valence-electron chi connectivity index (χ2n) is 4.33. The Kier molecular flexibility index (Phi) is 4.71.